The lowest BCUT2D eigenvalue weighted by Crippen LogP contribution is -2.25. The van der Waals surface area contributed by atoms with Crippen molar-refractivity contribution in [2.75, 3.05) is 17.7 Å². The molecule has 110 valence electrons. The van der Waals surface area contributed by atoms with E-state index in [2.05, 4.69) is 15.4 Å². The first-order valence-corrected chi connectivity index (χ1v) is 6.26. The molecule has 0 atom stereocenters. The minimum absolute atomic E-state index is 0.141. The summed E-state index contributed by atoms with van der Waals surface area (Å²) in [7, 11) is 1.48. The number of rotatable bonds is 4. The van der Waals surface area contributed by atoms with Crippen molar-refractivity contribution in [2.45, 2.75) is 6.92 Å². The van der Waals surface area contributed by atoms with Crippen LogP contribution in [0, 0.1) is 0 Å². The molecule has 8 nitrogen and oxygen atoms in total. The maximum absolute atomic E-state index is 11.5. The van der Waals surface area contributed by atoms with Crippen LogP contribution < -0.4 is 16.6 Å². The van der Waals surface area contributed by atoms with E-state index in [1.165, 1.54) is 7.05 Å². The molecule has 21 heavy (non-hydrogen) atoms. The summed E-state index contributed by atoms with van der Waals surface area (Å²) in [6.45, 7) is 2.07. The topological polar surface area (TPSA) is 112 Å². The smallest absolute Gasteiger partial charge is 0.338 e. The third kappa shape index (κ3) is 3.35. The monoisotopic (exact) mass is 289 g/mol. The van der Waals surface area contributed by atoms with Gasteiger partial charge in [-0.2, -0.15) is 4.98 Å². The number of carbonyl (C=O) groups excluding carboxylic acids is 1. The molecule has 0 amide bonds. The molecule has 0 radical (unpaired) electrons. The third-order valence-corrected chi connectivity index (χ3v) is 2.64. The number of nitrogens with zero attached hydrogens (tertiary/aromatic N) is 3. The number of nitrogen functional groups attached to an aromatic ring is 1. The molecule has 1 aromatic carbocycles. The van der Waals surface area contributed by atoms with E-state index < -0.39 is 5.56 Å². The molecule has 8 heteroatoms. The molecule has 2 rings (SSSR count). The number of benzene rings is 1. The van der Waals surface area contributed by atoms with Crippen LogP contribution >= 0.6 is 0 Å². The van der Waals surface area contributed by atoms with Crippen LogP contribution in [0.1, 0.15) is 17.3 Å². The third-order valence-electron chi connectivity index (χ3n) is 2.64. The number of ether oxygens (including phenoxy) is 1. The number of aryl methyl sites for hydroxylation is 1. The van der Waals surface area contributed by atoms with Crippen LogP contribution in [0.5, 0.6) is 0 Å². The van der Waals surface area contributed by atoms with Crippen LogP contribution in [0.3, 0.4) is 0 Å². The van der Waals surface area contributed by atoms with E-state index in [4.69, 9.17) is 10.5 Å². The number of nitrogens with one attached hydrogen (secondary N) is 1. The fourth-order valence-corrected chi connectivity index (χ4v) is 1.62. The maximum Gasteiger partial charge on any atom is 0.338 e. The quantitative estimate of drug-likeness (QED) is 0.796. The van der Waals surface area contributed by atoms with Gasteiger partial charge in [0.15, 0.2) is 5.82 Å². The predicted molar refractivity (Wildman–Crippen MR) is 77.4 cm³/mol. The van der Waals surface area contributed by atoms with Crippen molar-refractivity contribution < 1.29 is 9.53 Å². The number of hydrogen-bond acceptors (Lipinski definition) is 7. The lowest BCUT2D eigenvalue weighted by Gasteiger charge is -2.07. The van der Waals surface area contributed by atoms with Crippen molar-refractivity contribution in [1.82, 2.24) is 14.8 Å². The highest BCUT2D eigenvalue weighted by Gasteiger charge is 2.07. The summed E-state index contributed by atoms with van der Waals surface area (Å²) in [5.41, 5.74) is 6.13. The Bertz CT molecular complexity index is 682. The van der Waals surface area contributed by atoms with Crippen molar-refractivity contribution >= 4 is 23.4 Å². The van der Waals surface area contributed by atoms with Gasteiger partial charge in [0.1, 0.15) is 0 Å². The van der Waals surface area contributed by atoms with Crippen molar-refractivity contribution in [3.8, 4) is 0 Å². The van der Waals surface area contributed by atoms with E-state index in [1.807, 2.05) is 0 Å². The summed E-state index contributed by atoms with van der Waals surface area (Å²) in [4.78, 5) is 26.8. The van der Waals surface area contributed by atoms with Gasteiger partial charge in [-0.3, -0.25) is 4.79 Å². The fourth-order valence-electron chi connectivity index (χ4n) is 1.62. The molecule has 0 fully saturated rings. The summed E-state index contributed by atoms with van der Waals surface area (Å²) in [6.07, 6.45) is 0. The second-order valence-corrected chi connectivity index (χ2v) is 4.17. The van der Waals surface area contributed by atoms with Crippen LogP contribution in [0.2, 0.25) is 0 Å². The average Bonchev–Trinajstić information content (AvgIpc) is 2.45. The predicted octanol–water partition coefficient (Wildman–Crippen LogP) is 0.678. The SMILES string of the molecule is CCOC(=O)c1ccc(Nc2nc(N)c(=O)n(C)n2)cc1. The molecular formula is C13H15N5O3. The highest BCUT2D eigenvalue weighted by molar-refractivity contribution is 5.89. The minimum atomic E-state index is -0.460. The van der Waals surface area contributed by atoms with Crippen molar-refractivity contribution in [3.05, 3.63) is 40.2 Å². The normalized spacial score (nSPS) is 10.2. The Hall–Kier alpha value is -2.90. The Morgan fingerprint density at radius 1 is 1.38 bits per heavy atom. The van der Waals surface area contributed by atoms with E-state index in [1.54, 1.807) is 31.2 Å². The lowest BCUT2D eigenvalue weighted by molar-refractivity contribution is 0.0526. The van der Waals surface area contributed by atoms with Gasteiger partial charge >= 0.3 is 11.5 Å². The minimum Gasteiger partial charge on any atom is -0.462 e. The first kappa shape index (κ1) is 14.5. The number of esters is 1. The summed E-state index contributed by atoms with van der Waals surface area (Å²) in [6, 6.07) is 6.59. The van der Waals surface area contributed by atoms with Gasteiger partial charge in [0.2, 0.25) is 5.95 Å². The van der Waals surface area contributed by atoms with Gasteiger partial charge in [0.25, 0.3) is 0 Å². The van der Waals surface area contributed by atoms with Crippen molar-refractivity contribution in [1.29, 1.82) is 0 Å². The van der Waals surface area contributed by atoms with E-state index >= 15 is 0 Å². The Balaban J connectivity index is 2.17. The number of anilines is 3. The summed E-state index contributed by atoms with van der Waals surface area (Å²) in [5.74, 6) is -0.330. The van der Waals surface area contributed by atoms with Crippen LogP contribution in [-0.4, -0.2) is 27.3 Å². The average molecular weight is 289 g/mol. The Morgan fingerprint density at radius 2 is 2.05 bits per heavy atom. The molecule has 0 aliphatic heterocycles. The molecule has 0 aliphatic carbocycles. The number of nitrogens with two attached hydrogens (primary N) is 1. The number of aromatic nitrogens is 3. The zero-order valence-electron chi connectivity index (χ0n) is 11.7. The van der Waals surface area contributed by atoms with Gasteiger partial charge in [0, 0.05) is 12.7 Å². The number of hydrogen-bond donors (Lipinski definition) is 2. The molecule has 0 saturated heterocycles. The van der Waals surface area contributed by atoms with Crippen LogP contribution in [0.4, 0.5) is 17.5 Å². The van der Waals surface area contributed by atoms with Gasteiger partial charge < -0.3 is 15.8 Å². The van der Waals surface area contributed by atoms with Crippen LogP contribution in [0.25, 0.3) is 0 Å². The highest BCUT2D eigenvalue weighted by Crippen LogP contribution is 2.14. The van der Waals surface area contributed by atoms with E-state index in [0.717, 1.165) is 4.68 Å². The molecule has 0 unspecified atom stereocenters. The molecule has 0 aliphatic rings. The molecule has 0 spiro atoms. The van der Waals surface area contributed by atoms with E-state index in [-0.39, 0.29) is 17.7 Å². The zero-order chi connectivity index (χ0) is 15.4. The van der Waals surface area contributed by atoms with Gasteiger partial charge in [-0.05, 0) is 31.2 Å². The Morgan fingerprint density at radius 3 is 2.62 bits per heavy atom. The molecule has 2 aromatic rings. The molecule has 1 aromatic heterocycles. The van der Waals surface area contributed by atoms with Gasteiger partial charge in [-0.25, -0.2) is 9.48 Å². The Labute approximate surface area is 120 Å². The zero-order valence-corrected chi connectivity index (χ0v) is 11.7. The maximum atomic E-state index is 11.5. The summed E-state index contributed by atoms with van der Waals surface area (Å²) < 4.78 is 5.99. The fraction of sp³-hybridized carbons (Fsp3) is 0.231. The molecule has 0 bridgehead atoms. The highest BCUT2D eigenvalue weighted by atomic mass is 16.5. The first-order valence-electron chi connectivity index (χ1n) is 6.26. The molecule has 0 saturated carbocycles. The second kappa shape index (κ2) is 6.04. The number of carbonyl (C=O) groups is 1. The largest absolute Gasteiger partial charge is 0.462 e. The van der Waals surface area contributed by atoms with Gasteiger partial charge in [0.05, 0.1) is 12.2 Å². The first-order chi connectivity index (χ1) is 10.0. The summed E-state index contributed by atoms with van der Waals surface area (Å²) in [5, 5.41) is 6.82. The van der Waals surface area contributed by atoms with Gasteiger partial charge in [-0.15, -0.1) is 5.10 Å². The molecule has 3 N–H and O–H groups in total. The van der Waals surface area contributed by atoms with Crippen molar-refractivity contribution in [3.63, 3.8) is 0 Å². The summed E-state index contributed by atoms with van der Waals surface area (Å²) >= 11 is 0. The Kier molecular flexibility index (Phi) is 4.17. The van der Waals surface area contributed by atoms with E-state index in [0.29, 0.717) is 17.9 Å². The second-order valence-electron chi connectivity index (χ2n) is 4.17. The standard InChI is InChI=1S/C13H15N5O3/c1-3-21-12(20)8-4-6-9(7-5-8)15-13-16-10(14)11(19)18(2)17-13/h4-7H,3H2,1-2H3,(H3,14,15,16,17). The molecule has 1 heterocycles. The molecular weight excluding hydrogens is 274 g/mol. The lowest BCUT2D eigenvalue weighted by atomic mass is 10.2. The van der Waals surface area contributed by atoms with Crippen LogP contribution in [0.15, 0.2) is 29.1 Å². The van der Waals surface area contributed by atoms with E-state index in [9.17, 15) is 9.59 Å². The van der Waals surface area contributed by atoms with Crippen molar-refractivity contribution in [2.24, 2.45) is 7.05 Å². The van der Waals surface area contributed by atoms with Gasteiger partial charge in [-0.1, -0.05) is 0 Å². The van der Waals surface area contributed by atoms with Crippen LogP contribution in [-0.2, 0) is 11.8 Å².